The molecule has 2 aliphatic heterocycles. The van der Waals surface area contributed by atoms with Crippen LogP contribution in [0.1, 0.15) is 42.0 Å². The number of nitrogens with one attached hydrogen (secondary N) is 2. The number of hydrogen-bond acceptors (Lipinski definition) is 6. The Bertz CT molecular complexity index is 1350. The summed E-state index contributed by atoms with van der Waals surface area (Å²) in [5, 5.41) is 14.8. The lowest BCUT2D eigenvalue weighted by atomic mass is 9.94. The molecule has 0 saturated carbocycles. The first-order chi connectivity index (χ1) is 18.1. The minimum Gasteiger partial charge on any atom is -0.480 e. The highest BCUT2D eigenvalue weighted by Gasteiger charge is 2.59. The molecule has 3 atom stereocenters. The summed E-state index contributed by atoms with van der Waals surface area (Å²) < 4.78 is 19.0. The molecule has 2 aromatic carbocycles. The number of carboxylic acid groups (broad SMARTS) is 1. The Morgan fingerprint density at radius 2 is 1.87 bits per heavy atom. The number of rotatable bonds is 5. The molecular formula is C26H25FN4O7. The lowest BCUT2D eigenvalue weighted by molar-refractivity contribution is -0.151. The van der Waals surface area contributed by atoms with Crippen molar-refractivity contribution in [1.29, 1.82) is 0 Å². The van der Waals surface area contributed by atoms with Gasteiger partial charge in [0.25, 0.3) is 5.91 Å². The SMILES string of the molecule is CNC(=O)Nc1ccc2c(c1)CCC21OC(=O)N(CC(=O)N2[C@@H](C(=O)O)CC[C@@H]2c2ccc(F)cc2)C1=O. The highest BCUT2D eigenvalue weighted by molar-refractivity contribution is 6.06. The Kier molecular flexibility index (Phi) is 6.25. The highest BCUT2D eigenvalue weighted by Crippen LogP contribution is 2.46. The van der Waals surface area contributed by atoms with E-state index in [1.807, 2.05) is 0 Å². The summed E-state index contributed by atoms with van der Waals surface area (Å²) in [4.78, 5) is 65.2. The van der Waals surface area contributed by atoms with Gasteiger partial charge in [-0.3, -0.25) is 9.59 Å². The van der Waals surface area contributed by atoms with Gasteiger partial charge < -0.3 is 25.4 Å². The lowest BCUT2D eigenvalue weighted by Gasteiger charge is -2.30. The maximum Gasteiger partial charge on any atom is 0.418 e. The molecule has 5 rings (SSSR count). The van der Waals surface area contributed by atoms with Gasteiger partial charge in [-0.15, -0.1) is 0 Å². The van der Waals surface area contributed by atoms with E-state index in [9.17, 15) is 33.5 Å². The van der Waals surface area contributed by atoms with Crippen LogP contribution in [-0.4, -0.2) is 64.4 Å². The maximum atomic E-state index is 13.5. The van der Waals surface area contributed by atoms with Gasteiger partial charge in [0.15, 0.2) is 0 Å². The largest absolute Gasteiger partial charge is 0.480 e. The molecule has 2 heterocycles. The molecule has 2 fully saturated rings. The number of aliphatic carboxylic acids is 1. The fourth-order valence-corrected chi connectivity index (χ4v) is 5.55. The van der Waals surface area contributed by atoms with Crippen molar-refractivity contribution in [3.8, 4) is 0 Å². The van der Waals surface area contributed by atoms with E-state index < -0.39 is 60.0 Å². The number of carbonyl (C=O) groups excluding carboxylic acids is 4. The van der Waals surface area contributed by atoms with Crippen molar-refractivity contribution in [1.82, 2.24) is 15.1 Å². The zero-order valence-electron chi connectivity index (χ0n) is 20.4. The van der Waals surface area contributed by atoms with Crippen LogP contribution < -0.4 is 10.6 Å². The van der Waals surface area contributed by atoms with Crippen LogP contribution in [0.25, 0.3) is 0 Å². The first-order valence-corrected chi connectivity index (χ1v) is 12.1. The molecule has 5 amide bonds. The van der Waals surface area contributed by atoms with E-state index in [1.165, 1.54) is 31.3 Å². The van der Waals surface area contributed by atoms with E-state index in [2.05, 4.69) is 10.6 Å². The van der Waals surface area contributed by atoms with Crippen LogP contribution in [0.2, 0.25) is 0 Å². The number of carboxylic acids is 1. The molecule has 1 aliphatic carbocycles. The quantitative estimate of drug-likeness (QED) is 0.545. The summed E-state index contributed by atoms with van der Waals surface area (Å²) in [6.07, 6.45) is 0.0787. The lowest BCUT2D eigenvalue weighted by Crippen LogP contribution is -2.48. The Morgan fingerprint density at radius 1 is 1.13 bits per heavy atom. The average molecular weight is 525 g/mol. The molecule has 3 aliphatic rings. The third-order valence-electron chi connectivity index (χ3n) is 7.35. The van der Waals surface area contributed by atoms with Crippen molar-refractivity contribution in [3.05, 3.63) is 65.0 Å². The summed E-state index contributed by atoms with van der Waals surface area (Å²) in [5.74, 6) is -3.11. The van der Waals surface area contributed by atoms with Gasteiger partial charge in [0.1, 0.15) is 18.4 Å². The van der Waals surface area contributed by atoms with Crippen molar-refractivity contribution in [3.63, 3.8) is 0 Å². The number of fused-ring (bicyclic) bond motifs is 2. The number of ether oxygens (including phenoxy) is 1. The molecule has 11 nitrogen and oxygen atoms in total. The molecule has 0 bridgehead atoms. The van der Waals surface area contributed by atoms with E-state index in [-0.39, 0.29) is 12.8 Å². The number of amides is 5. The zero-order valence-corrected chi connectivity index (χ0v) is 20.4. The van der Waals surface area contributed by atoms with E-state index in [4.69, 9.17) is 4.74 Å². The Hall–Kier alpha value is -4.48. The Labute approximate surface area is 216 Å². The Morgan fingerprint density at radius 3 is 2.55 bits per heavy atom. The summed E-state index contributed by atoms with van der Waals surface area (Å²) in [6, 6.07) is 8.10. The molecule has 0 radical (unpaired) electrons. The first-order valence-electron chi connectivity index (χ1n) is 12.1. The summed E-state index contributed by atoms with van der Waals surface area (Å²) in [6.45, 7) is -0.688. The van der Waals surface area contributed by atoms with E-state index in [0.717, 1.165) is 10.5 Å². The van der Waals surface area contributed by atoms with Gasteiger partial charge in [-0.2, -0.15) is 0 Å². The van der Waals surface area contributed by atoms with Gasteiger partial charge in [-0.1, -0.05) is 18.2 Å². The highest BCUT2D eigenvalue weighted by atomic mass is 19.1. The van der Waals surface area contributed by atoms with Crippen LogP contribution >= 0.6 is 0 Å². The topological polar surface area (TPSA) is 145 Å². The van der Waals surface area contributed by atoms with Gasteiger partial charge >= 0.3 is 18.1 Å². The molecule has 1 unspecified atom stereocenters. The van der Waals surface area contributed by atoms with Crippen LogP contribution in [0.15, 0.2) is 42.5 Å². The number of anilines is 1. The maximum absolute atomic E-state index is 13.5. The summed E-state index contributed by atoms with van der Waals surface area (Å²) >= 11 is 0. The second-order valence-corrected chi connectivity index (χ2v) is 9.46. The van der Waals surface area contributed by atoms with Gasteiger partial charge in [0.2, 0.25) is 11.5 Å². The van der Waals surface area contributed by atoms with Crippen LogP contribution in [0, 0.1) is 5.82 Å². The predicted molar refractivity (Wildman–Crippen MR) is 129 cm³/mol. The van der Waals surface area contributed by atoms with Crippen molar-refractivity contribution in [2.75, 3.05) is 18.9 Å². The molecule has 3 N–H and O–H groups in total. The molecule has 0 aromatic heterocycles. The standard InChI is InChI=1S/C26H25FN4O7/c1-28-24(36)29-17-6-7-18-15(12-17)10-11-26(18)23(35)30(25(37)38-26)13-21(32)31-19(8-9-20(31)22(33)34)14-2-4-16(27)5-3-14/h2-7,12,19-20H,8-11,13H2,1H3,(H,33,34)(H2,28,29,36)/t19-,20-,26?/m1/s1. The van der Waals surface area contributed by atoms with Crippen molar-refractivity contribution in [2.45, 2.75) is 43.4 Å². The minimum atomic E-state index is -1.59. The second-order valence-electron chi connectivity index (χ2n) is 9.46. The van der Waals surface area contributed by atoms with Gasteiger partial charge in [-0.05, 0) is 54.7 Å². The van der Waals surface area contributed by atoms with Crippen molar-refractivity contribution >= 4 is 35.6 Å². The zero-order chi connectivity index (χ0) is 27.2. The summed E-state index contributed by atoms with van der Waals surface area (Å²) in [5.41, 5.74) is 0.661. The minimum absolute atomic E-state index is 0.167. The average Bonchev–Trinajstić information content (AvgIpc) is 3.56. The predicted octanol–water partition coefficient (Wildman–Crippen LogP) is 2.51. The Balaban J connectivity index is 1.38. The van der Waals surface area contributed by atoms with E-state index in [1.54, 1.807) is 18.2 Å². The molecule has 12 heteroatoms. The fourth-order valence-electron chi connectivity index (χ4n) is 5.55. The molecule has 1 spiro atoms. The number of urea groups is 1. The van der Waals surface area contributed by atoms with Crippen molar-refractivity contribution in [2.24, 2.45) is 0 Å². The second kappa shape index (κ2) is 9.43. The smallest absolute Gasteiger partial charge is 0.418 e. The van der Waals surface area contributed by atoms with E-state index >= 15 is 0 Å². The number of carbonyl (C=O) groups is 5. The number of imide groups is 1. The normalized spacial score (nSPS) is 23.9. The van der Waals surface area contributed by atoms with Gasteiger partial charge in [0, 0.05) is 24.7 Å². The van der Waals surface area contributed by atoms with Gasteiger partial charge in [0.05, 0.1) is 6.04 Å². The number of likely N-dealkylation sites (tertiary alicyclic amines) is 1. The monoisotopic (exact) mass is 524 g/mol. The third kappa shape index (κ3) is 4.11. The fraction of sp³-hybridized carbons (Fsp3) is 0.346. The van der Waals surface area contributed by atoms with Crippen LogP contribution in [0.3, 0.4) is 0 Å². The third-order valence-corrected chi connectivity index (χ3v) is 7.35. The number of halogens is 1. The van der Waals surface area contributed by atoms with Crippen molar-refractivity contribution < 1.29 is 38.2 Å². The molecule has 38 heavy (non-hydrogen) atoms. The van der Waals surface area contributed by atoms with Gasteiger partial charge in [-0.25, -0.2) is 23.7 Å². The summed E-state index contributed by atoms with van der Waals surface area (Å²) in [7, 11) is 1.48. The van der Waals surface area contributed by atoms with Crippen LogP contribution in [0.5, 0.6) is 0 Å². The van der Waals surface area contributed by atoms with Crippen LogP contribution in [0.4, 0.5) is 19.7 Å². The number of aryl methyl sites for hydroxylation is 1. The molecular weight excluding hydrogens is 499 g/mol. The van der Waals surface area contributed by atoms with Crippen LogP contribution in [-0.2, 0) is 31.1 Å². The van der Waals surface area contributed by atoms with E-state index in [0.29, 0.717) is 34.6 Å². The first kappa shape index (κ1) is 25.2. The number of hydrogen-bond donors (Lipinski definition) is 3. The molecule has 2 aromatic rings. The molecule has 2 saturated heterocycles. The number of benzene rings is 2. The number of nitrogens with zero attached hydrogens (tertiary/aromatic N) is 2. The molecule has 198 valence electrons.